The Labute approximate surface area is 170 Å². The lowest BCUT2D eigenvalue weighted by atomic mass is 9.86. The Morgan fingerprint density at radius 2 is 2.00 bits per heavy atom. The van der Waals surface area contributed by atoms with Crippen LogP contribution in [-0.4, -0.2) is 45.3 Å². The van der Waals surface area contributed by atoms with Crippen LogP contribution in [0.15, 0.2) is 4.52 Å². The zero-order valence-electron chi connectivity index (χ0n) is 18.0. The Morgan fingerprint density at radius 3 is 2.66 bits per heavy atom. The Balaban J connectivity index is 1.84. The fraction of sp³-hybridized carbons (Fsp3) is 0.571. The van der Waals surface area contributed by atoms with E-state index in [0.29, 0.717) is 42.6 Å². The molecule has 0 saturated heterocycles. The number of aromatic nitrogens is 2. The lowest BCUT2D eigenvalue weighted by molar-refractivity contribution is -0.149. The van der Waals surface area contributed by atoms with Crippen molar-refractivity contribution in [2.24, 2.45) is 0 Å². The van der Waals surface area contributed by atoms with Crippen LogP contribution >= 0.6 is 0 Å². The van der Waals surface area contributed by atoms with E-state index in [1.54, 1.807) is 12.0 Å². The van der Waals surface area contributed by atoms with Gasteiger partial charge in [-0.3, -0.25) is 4.79 Å². The van der Waals surface area contributed by atoms with E-state index in [0.717, 1.165) is 22.3 Å². The van der Waals surface area contributed by atoms with Crippen LogP contribution < -0.4 is 4.74 Å². The number of methoxy groups -OCH3 is 1. The second kappa shape index (κ2) is 8.02. The molecule has 1 aliphatic rings. The van der Waals surface area contributed by atoms with Crippen molar-refractivity contribution in [2.45, 2.75) is 66.2 Å². The van der Waals surface area contributed by atoms with E-state index in [4.69, 9.17) is 14.0 Å². The maximum Gasteiger partial charge on any atom is 0.266 e. The van der Waals surface area contributed by atoms with Crippen molar-refractivity contribution < 1.29 is 23.9 Å². The minimum absolute atomic E-state index is 0.125. The minimum atomic E-state index is -1.00. The van der Waals surface area contributed by atoms with Crippen molar-refractivity contribution >= 4 is 5.91 Å². The fourth-order valence-electron chi connectivity index (χ4n) is 3.77. The molecule has 0 spiro atoms. The molecular formula is C21H29N3O5. The van der Waals surface area contributed by atoms with Crippen LogP contribution in [0.5, 0.6) is 11.5 Å². The molecule has 8 heteroatoms. The van der Waals surface area contributed by atoms with Crippen molar-refractivity contribution in [2.75, 3.05) is 13.7 Å². The second-order valence-corrected chi connectivity index (χ2v) is 7.72. The summed E-state index contributed by atoms with van der Waals surface area (Å²) in [4.78, 5) is 19.3. The number of amides is 1. The fourth-order valence-corrected chi connectivity index (χ4v) is 3.77. The number of aromatic hydroxyl groups is 1. The van der Waals surface area contributed by atoms with Gasteiger partial charge in [-0.25, -0.2) is 0 Å². The number of rotatable bonds is 6. The number of nitrogens with zero attached hydrogens (tertiary/aromatic N) is 3. The molecule has 1 amide bonds. The van der Waals surface area contributed by atoms with Gasteiger partial charge in [0.05, 0.1) is 0 Å². The number of fused-ring (bicyclic) bond motifs is 1. The molecule has 0 bridgehead atoms. The average molecular weight is 403 g/mol. The summed E-state index contributed by atoms with van der Waals surface area (Å²) in [6.45, 7) is 10.3. The molecule has 1 unspecified atom stereocenters. The summed E-state index contributed by atoms with van der Waals surface area (Å²) in [5.74, 6) is 1.69. The van der Waals surface area contributed by atoms with Gasteiger partial charge in [0, 0.05) is 25.6 Å². The molecule has 2 aromatic rings. The van der Waals surface area contributed by atoms with Gasteiger partial charge in [0.25, 0.3) is 5.91 Å². The van der Waals surface area contributed by atoms with E-state index in [9.17, 15) is 9.90 Å². The number of carbonyl (C=O) groups excluding carboxylic acids is 1. The molecule has 1 aromatic carbocycles. The first-order valence-corrected chi connectivity index (χ1v) is 9.82. The molecule has 0 fully saturated rings. The number of ether oxygens (including phenoxy) is 2. The first-order valence-electron chi connectivity index (χ1n) is 9.82. The average Bonchev–Trinajstić information content (AvgIpc) is 3.15. The second-order valence-electron chi connectivity index (χ2n) is 7.72. The zero-order valence-corrected chi connectivity index (χ0v) is 18.0. The summed E-state index contributed by atoms with van der Waals surface area (Å²) in [6, 6.07) is 0. The van der Waals surface area contributed by atoms with Crippen LogP contribution in [0.3, 0.4) is 0 Å². The quantitative estimate of drug-likeness (QED) is 0.792. The number of likely N-dealkylation sites (N-methyl/N-ethyl adjacent to an activating group) is 1. The smallest absolute Gasteiger partial charge is 0.266 e. The van der Waals surface area contributed by atoms with Crippen LogP contribution in [0.4, 0.5) is 0 Å². The number of phenols is 1. The molecule has 0 radical (unpaired) electrons. The molecule has 1 aromatic heterocycles. The summed E-state index contributed by atoms with van der Waals surface area (Å²) >= 11 is 0. The molecule has 0 saturated carbocycles. The van der Waals surface area contributed by atoms with E-state index in [1.165, 1.54) is 0 Å². The number of hydrogen-bond acceptors (Lipinski definition) is 7. The summed E-state index contributed by atoms with van der Waals surface area (Å²) in [7, 11) is 1.56. The number of benzene rings is 1. The molecule has 1 atom stereocenters. The predicted molar refractivity (Wildman–Crippen MR) is 106 cm³/mol. The van der Waals surface area contributed by atoms with Gasteiger partial charge in [-0.1, -0.05) is 5.16 Å². The highest BCUT2D eigenvalue weighted by atomic mass is 16.5. The van der Waals surface area contributed by atoms with E-state index in [2.05, 4.69) is 10.1 Å². The summed E-state index contributed by atoms with van der Waals surface area (Å²) in [5.41, 5.74) is 2.44. The van der Waals surface area contributed by atoms with Crippen LogP contribution in [0, 0.1) is 20.8 Å². The van der Waals surface area contributed by atoms with Crippen molar-refractivity contribution in [1.29, 1.82) is 0 Å². The van der Waals surface area contributed by atoms with Crippen molar-refractivity contribution in [3.05, 3.63) is 34.0 Å². The van der Waals surface area contributed by atoms with Gasteiger partial charge in [0.1, 0.15) is 24.7 Å². The number of phenolic OH excluding ortho intramolecular Hbond substituents is 1. The standard InChI is InChI=1S/C21H29N3O5/c1-7-24(10-17-22-16(11-27-6)23-29-17)20(26)21(5)9-8-15-14(4)18(25)12(2)13(3)19(15)28-21/h25H,7-11H2,1-6H3. The highest BCUT2D eigenvalue weighted by Crippen LogP contribution is 2.43. The molecule has 158 valence electrons. The summed E-state index contributed by atoms with van der Waals surface area (Å²) < 4.78 is 16.5. The van der Waals surface area contributed by atoms with Gasteiger partial charge in [-0.05, 0) is 57.7 Å². The Kier molecular flexibility index (Phi) is 5.84. The van der Waals surface area contributed by atoms with E-state index >= 15 is 0 Å². The Bertz CT molecular complexity index is 924. The van der Waals surface area contributed by atoms with Gasteiger partial charge < -0.3 is 24.0 Å². The van der Waals surface area contributed by atoms with Crippen molar-refractivity contribution in [3.8, 4) is 11.5 Å². The topological polar surface area (TPSA) is 97.9 Å². The summed E-state index contributed by atoms with van der Waals surface area (Å²) in [6.07, 6.45) is 1.19. The third kappa shape index (κ3) is 3.81. The maximum atomic E-state index is 13.4. The normalized spacial score (nSPS) is 18.3. The highest BCUT2D eigenvalue weighted by molar-refractivity contribution is 5.86. The lowest BCUT2D eigenvalue weighted by Gasteiger charge is -2.39. The van der Waals surface area contributed by atoms with Crippen LogP contribution in [-0.2, 0) is 29.1 Å². The Morgan fingerprint density at radius 1 is 1.28 bits per heavy atom. The van der Waals surface area contributed by atoms with Gasteiger partial charge in [0.15, 0.2) is 11.4 Å². The van der Waals surface area contributed by atoms with Crippen LogP contribution in [0.1, 0.15) is 54.2 Å². The van der Waals surface area contributed by atoms with Gasteiger partial charge in [0.2, 0.25) is 5.89 Å². The minimum Gasteiger partial charge on any atom is -0.507 e. The monoisotopic (exact) mass is 403 g/mol. The molecule has 29 heavy (non-hydrogen) atoms. The van der Waals surface area contributed by atoms with Crippen LogP contribution in [0.2, 0.25) is 0 Å². The van der Waals surface area contributed by atoms with E-state index in [-0.39, 0.29) is 19.1 Å². The molecule has 0 aliphatic carbocycles. The van der Waals surface area contributed by atoms with Gasteiger partial charge in [-0.2, -0.15) is 4.98 Å². The molecular weight excluding hydrogens is 374 g/mol. The first-order chi connectivity index (χ1) is 13.7. The van der Waals surface area contributed by atoms with E-state index < -0.39 is 5.60 Å². The Hall–Kier alpha value is -2.61. The predicted octanol–water partition coefficient (Wildman–Crippen LogP) is 2.98. The van der Waals surface area contributed by atoms with E-state index in [1.807, 2.05) is 34.6 Å². The molecule has 3 rings (SSSR count). The zero-order chi connectivity index (χ0) is 21.3. The first kappa shape index (κ1) is 21.1. The van der Waals surface area contributed by atoms with Gasteiger partial charge >= 0.3 is 0 Å². The lowest BCUT2D eigenvalue weighted by Crippen LogP contribution is -2.52. The molecule has 8 nitrogen and oxygen atoms in total. The SMILES string of the molecule is CCN(Cc1nc(COC)no1)C(=O)C1(C)CCc2c(C)c(O)c(C)c(C)c2O1. The molecule has 1 N–H and O–H groups in total. The third-order valence-electron chi connectivity index (χ3n) is 5.75. The molecule has 2 heterocycles. The highest BCUT2D eigenvalue weighted by Gasteiger charge is 2.43. The number of carbonyl (C=O) groups is 1. The molecule has 1 aliphatic heterocycles. The van der Waals surface area contributed by atoms with Crippen molar-refractivity contribution in [1.82, 2.24) is 15.0 Å². The third-order valence-corrected chi connectivity index (χ3v) is 5.75. The number of hydrogen-bond donors (Lipinski definition) is 1. The van der Waals surface area contributed by atoms with Crippen LogP contribution in [0.25, 0.3) is 0 Å². The van der Waals surface area contributed by atoms with Gasteiger partial charge in [-0.15, -0.1) is 0 Å². The maximum absolute atomic E-state index is 13.4. The van der Waals surface area contributed by atoms with Crippen molar-refractivity contribution in [3.63, 3.8) is 0 Å². The summed E-state index contributed by atoms with van der Waals surface area (Å²) in [5, 5.41) is 14.2. The largest absolute Gasteiger partial charge is 0.507 e.